The van der Waals surface area contributed by atoms with Crippen LogP contribution in [0.2, 0.25) is 0 Å². The minimum absolute atomic E-state index is 0.136. The number of ether oxygens (including phenoxy) is 1. The van der Waals surface area contributed by atoms with Gasteiger partial charge in [-0.15, -0.1) is 0 Å². The first kappa shape index (κ1) is 26.4. The molecule has 172 valence electrons. The third-order valence-electron chi connectivity index (χ3n) is 5.29. The zero-order valence-electron chi connectivity index (χ0n) is 18.8. The number of unbranched alkanes of at least 4 members (excludes halogenated alkanes) is 13. The topological polar surface area (TPSA) is 118 Å². The standard InChI is InChI=1S/C23H36N4O4/c1-2-3-4-5-6-7-8-9-10-11-12-13-14-15-18-31-23(28)21-19-20(25-26-24)16-17-22(21)27(29)30/h16-17,19H,2-15,18H2,1H3. The van der Waals surface area contributed by atoms with Crippen LogP contribution in [0.4, 0.5) is 11.4 Å². The summed E-state index contributed by atoms with van der Waals surface area (Å²) < 4.78 is 5.18. The Balaban J connectivity index is 2.12. The average molecular weight is 433 g/mol. The molecule has 0 fully saturated rings. The molecule has 0 aliphatic heterocycles. The van der Waals surface area contributed by atoms with Gasteiger partial charge in [0, 0.05) is 16.7 Å². The first-order valence-electron chi connectivity index (χ1n) is 11.6. The summed E-state index contributed by atoms with van der Waals surface area (Å²) in [6, 6.07) is 3.63. The van der Waals surface area contributed by atoms with Crippen molar-refractivity contribution in [3.8, 4) is 0 Å². The maximum Gasteiger partial charge on any atom is 0.345 e. The summed E-state index contributed by atoms with van der Waals surface area (Å²) in [5.41, 5.74) is 8.07. The van der Waals surface area contributed by atoms with Crippen molar-refractivity contribution < 1.29 is 14.5 Å². The van der Waals surface area contributed by atoms with E-state index in [1.54, 1.807) is 0 Å². The van der Waals surface area contributed by atoms with E-state index < -0.39 is 10.9 Å². The van der Waals surface area contributed by atoms with Crippen molar-refractivity contribution in [2.24, 2.45) is 5.11 Å². The van der Waals surface area contributed by atoms with E-state index in [0.717, 1.165) is 25.3 Å². The normalized spacial score (nSPS) is 10.5. The fraction of sp³-hybridized carbons (Fsp3) is 0.696. The van der Waals surface area contributed by atoms with Crippen LogP contribution in [-0.4, -0.2) is 17.5 Å². The van der Waals surface area contributed by atoms with Crippen LogP contribution in [0.25, 0.3) is 10.4 Å². The van der Waals surface area contributed by atoms with Gasteiger partial charge in [0.15, 0.2) is 0 Å². The molecule has 0 aliphatic carbocycles. The first-order valence-corrected chi connectivity index (χ1v) is 11.6. The van der Waals surface area contributed by atoms with E-state index in [9.17, 15) is 14.9 Å². The molecule has 0 amide bonds. The minimum atomic E-state index is -0.767. The predicted octanol–water partition coefficient (Wildman–Crippen LogP) is 8.17. The van der Waals surface area contributed by atoms with E-state index in [0.29, 0.717) is 0 Å². The van der Waals surface area contributed by atoms with Gasteiger partial charge in [-0.2, -0.15) is 0 Å². The largest absolute Gasteiger partial charge is 0.462 e. The van der Waals surface area contributed by atoms with Crippen molar-refractivity contribution in [2.45, 2.75) is 96.8 Å². The van der Waals surface area contributed by atoms with Gasteiger partial charge >= 0.3 is 5.97 Å². The zero-order chi connectivity index (χ0) is 22.7. The van der Waals surface area contributed by atoms with Gasteiger partial charge in [0.05, 0.1) is 11.5 Å². The Morgan fingerprint density at radius 3 is 1.97 bits per heavy atom. The summed E-state index contributed by atoms with van der Waals surface area (Å²) >= 11 is 0. The molecule has 0 unspecified atom stereocenters. The van der Waals surface area contributed by atoms with E-state index in [-0.39, 0.29) is 23.5 Å². The molecule has 1 aromatic carbocycles. The molecule has 0 radical (unpaired) electrons. The Morgan fingerprint density at radius 2 is 1.48 bits per heavy atom. The average Bonchev–Trinajstić information content (AvgIpc) is 2.76. The quantitative estimate of drug-likeness (QED) is 0.0442. The molecule has 1 aromatic rings. The molecule has 0 bridgehead atoms. The maximum absolute atomic E-state index is 12.2. The SMILES string of the molecule is CCCCCCCCCCCCCCCCOC(=O)c1cc(N=[N+]=[N-])ccc1[N+](=O)[O-]. The molecule has 31 heavy (non-hydrogen) atoms. The lowest BCUT2D eigenvalue weighted by Crippen LogP contribution is -2.09. The summed E-state index contributed by atoms with van der Waals surface area (Å²) in [7, 11) is 0. The molecular weight excluding hydrogens is 396 g/mol. The van der Waals surface area contributed by atoms with Gasteiger partial charge in [0.2, 0.25) is 0 Å². The number of nitro groups is 1. The van der Waals surface area contributed by atoms with Gasteiger partial charge in [-0.3, -0.25) is 10.1 Å². The van der Waals surface area contributed by atoms with Crippen LogP contribution in [0, 0.1) is 10.1 Å². The second kappa shape index (κ2) is 17.1. The predicted molar refractivity (Wildman–Crippen MR) is 122 cm³/mol. The molecule has 0 spiro atoms. The molecule has 0 atom stereocenters. The number of azide groups is 1. The number of benzene rings is 1. The van der Waals surface area contributed by atoms with Crippen LogP contribution >= 0.6 is 0 Å². The van der Waals surface area contributed by atoms with Gasteiger partial charge in [0.1, 0.15) is 5.56 Å². The third kappa shape index (κ3) is 12.0. The molecule has 0 saturated heterocycles. The Bertz CT molecular complexity index is 718. The fourth-order valence-corrected chi connectivity index (χ4v) is 3.50. The molecule has 0 heterocycles. The minimum Gasteiger partial charge on any atom is -0.462 e. The number of nitrogens with zero attached hydrogens (tertiary/aromatic N) is 4. The van der Waals surface area contributed by atoms with Crippen LogP contribution in [0.5, 0.6) is 0 Å². The molecular formula is C23H36N4O4. The lowest BCUT2D eigenvalue weighted by molar-refractivity contribution is -0.385. The lowest BCUT2D eigenvalue weighted by Gasteiger charge is -2.06. The van der Waals surface area contributed by atoms with Crippen molar-refractivity contribution in [1.29, 1.82) is 0 Å². The summed E-state index contributed by atoms with van der Waals surface area (Å²) in [4.78, 5) is 25.3. The van der Waals surface area contributed by atoms with Crippen molar-refractivity contribution >= 4 is 17.3 Å². The highest BCUT2D eigenvalue weighted by molar-refractivity contribution is 5.94. The molecule has 0 aromatic heterocycles. The number of carbonyl (C=O) groups excluding carboxylic acids is 1. The van der Waals surface area contributed by atoms with Gasteiger partial charge < -0.3 is 4.74 Å². The molecule has 0 N–H and O–H groups in total. The van der Waals surface area contributed by atoms with Gasteiger partial charge in [0.25, 0.3) is 5.69 Å². The van der Waals surface area contributed by atoms with Crippen LogP contribution in [0.1, 0.15) is 107 Å². The Morgan fingerprint density at radius 1 is 0.968 bits per heavy atom. The Kier molecular flexibility index (Phi) is 14.6. The smallest absolute Gasteiger partial charge is 0.345 e. The van der Waals surface area contributed by atoms with Gasteiger partial charge in [-0.05, 0) is 24.1 Å². The van der Waals surface area contributed by atoms with Crippen LogP contribution in [0.15, 0.2) is 23.3 Å². The summed E-state index contributed by atoms with van der Waals surface area (Å²) in [5, 5.41) is 14.5. The first-order chi connectivity index (χ1) is 15.1. The molecule has 8 nitrogen and oxygen atoms in total. The number of hydrogen-bond donors (Lipinski definition) is 0. The number of nitro benzene ring substituents is 1. The highest BCUT2D eigenvalue weighted by Crippen LogP contribution is 2.25. The van der Waals surface area contributed by atoms with Crippen LogP contribution in [0.3, 0.4) is 0 Å². The second-order valence-corrected chi connectivity index (χ2v) is 7.88. The lowest BCUT2D eigenvalue weighted by atomic mass is 10.0. The van der Waals surface area contributed by atoms with E-state index in [1.807, 2.05) is 0 Å². The summed E-state index contributed by atoms with van der Waals surface area (Å²) in [5.74, 6) is -0.767. The van der Waals surface area contributed by atoms with Crippen molar-refractivity contribution in [3.05, 3.63) is 44.3 Å². The van der Waals surface area contributed by atoms with E-state index in [1.165, 1.54) is 82.8 Å². The fourth-order valence-electron chi connectivity index (χ4n) is 3.50. The number of esters is 1. The highest BCUT2D eigenvalue weighted by Gasteiger charge is 2.21. The monoisotopic (exact) mass is 432 g/mol. The molecule has 1 rings (SSSR count). The summed E-state index contributed by atoms with van der Waals surface area (Å²) in [6.45, 7) is 2.47. The maximum atomic E-state index is 12.2. The zero-order valence-corrected chi connectivity index (χ0v) is 18.8. The van der Waals surface area contributed by atoms with Crippen LogP contribution in [-0.2, 0) is 4.74 Å². The number of rotatable bonds is 18. The van der Waals surface area contributed by atoms with E-state index in [4.69, 9.17) is 10.3 Å². The van der Waals surface area contributed by atoms with Crippen molar-refractivity contribution in [2.75, 3.05) is 6.61 Å². The molecule has 8 heteroatoms. The molecule has 0 saturated carbocycles. The third-order valence-corrected chi connectivity index (χ3v) is 5.29. The van der Waals surface area contributed by atoms with E-state index in [2.05, 4.69) is 16.9 Å². The second-order valence-electron chi connectivity index (χ2n) is 7.88. The van der Waals surface area contributed by atoms with Crippen LogP contribution < -0.4 is 0 Å². The van der Waals surface area contributed by atoms with Crippen molar-refractivity contribution in [1.82, 2.24) is 0 Å². The van der Waals surface area contributed by atoms with Crippen molar-refractivity contribution in [3.63, 3.8) is 0 Å². The molecule has 0 aliphatic rings. The number of hydrogen-bond acceptors (Lipinski definition) is 5. The Labute approximate surface area is 185 Å². The Hall–Kier alpha value is -2.60. The highest BCUT2D eigenvalue weighted by atomic mass is 16.6. The van der Waals surface area contributed by atoms with Gasteiger partial charge in [-0.25, -0.2) is 4.79 Å². The van der Waals surface area contributed by atoms with Gasteiger partial charge in [-0.1, -0.05) is 95.5 Å². The summed E-state index contributed by atoms with van der Waals surface area (Å²) in [6.07, 6.45) is 17.3. The van der Waals surface area contributed by atoms with E-state index >= 15 is 0 Å². The number of carbonyl (C=O) groups is 1.